The molecule has 1 amide bonds. The summed E-state index contributed by atoms with van der Waals surface area (Å²) in [5, 5.41) is 1.01. The summed E-state index contributed by atoms with van der Waals surface area (Å²) in [6, 6.07) is 9.62. The van der Waals surface area contributed by atoms with Crippen LogP contribution in [0.2, 0.25) is 0 Å². The molecule has 0 radical (unpaired) electrons. The van der Waals surface area contributed by atoms with Gasteiger partial charge in [-0.25, -0.2) is 4.98 Å². The van der Waals surface area contributed by atoms with E-state index in [1.807, 2.05) is 34.7 Å². The van der Waals surface area contributed by atoms with E-state index in [1.54, 1.807) is 20.3 Å². The molecule has 0 aliphatic carbocycles. The smallest absolute Gasteiger partial charge is 0.254 e. The molecule has 1 aliphatic heterocycles. The zero-order chi connectivity index (χ0) is 24.0. The molecule has 0 saturated carbocycles. The van der Waals surface area contributed by atoms with Crippen LogP contribution >= 0.6 is 0 Å². The van der Waals surface area contributed by atoms with Crippen molar-refractivity contribution in [1.82, 2.24) is 24.0 Å². The molecule has 34 heavy (non-hydrogen) atoms. The Morgan fingerprint density at radius 3 is 2.71 bits per heavy atom. The average Bonchev–Trinajstić information content (AvgIpc) is 3.39. The van der Waals surface area contributed by atoms with E-state index in [1.165, 1.54) is 0 Å². The quantitative estimate of drug-likeness (QED) is 0.489. The van der Waals surface area contributed by atoms with E-state index in [-0.39, 0.29) is 11.9 Å². The fourth-order valence-corrected chi connectivity index (χ4v) is 4.92. The summed E-state index contributed by atoms with van der Waals surface area (Å²) >= 11 is 0. The molecule has 1 aromatic carbocycles. The summed E-state index contributed by atoms with van der Waals surface area (Å²) in [7, 11) is 5.19. The van der Waals surface area contributed by atoms with Crippen molar-refractivity contribution < 1.29 is 14.3 Å². The number of hydrogen-bond acceptors (Lipinski definition) is 6. The van der Waals surface area contributed by atoms with Gasteiger partial charge in [0.15, 0.2) is 5.82 Å². The largest absolute Gasteiger partial charge is 0.494 e. The summed E-state index contributed by atoms with van der Waals surface area (Å²) in [6.07, 6.45) is 1.86. The number of nitrogens with zero attached hydrogens (tertiary/aromatic N) is 5. The van der Waals surface area contributed by atoms with Crippen LogP contribution in [-0.4, -0.2) is 63.3 Å². The Kier molecular flexibility index (Phi) is 5.65. The first-order chi connectivity index (χ1) is 16.4. The molecule has 1 atom stereocenters. The minimum atomic E-state index is -0.0403. The molecule has 4 heterocycles. The maximum Gasteiger partial charge on any atom is 0.254 e. The van der Waals surface area contributed by atoms with Crippen LogP contribution in [0.15, 0.2) is 30.3 Å². The van der Waals surface area contributed by atoms with Crippen LogP contribution in [0.5, 0.6) is 11.6 Å². The molecule has 0 unspecified atom stereocenters. The maximum atomic E-state index is 13.3. The Hall–Kier alpha value is -3.59. The van der Waals surface area contributed by atoms with Gasteiger partial charge in [0.25, 0.3) is 5.91 Å². The number of carbonyl (C=O) groups is 1. The molecule has 3 aromatic heterocycles. The van der Waals surface area contributed by atoms with E-state index in [9.17, 15) is 4.79 Å². The lowest BCUT2D eigenvalue weighted by Gasteiger charge is -2.30. The normalized spacial score (nSPS) is 16.4. The monoisotopic (exact) mass is 462 g/mol. The lowest BCUT2D eigenvalue weighted by molar-refractivity contribution is 0.0708. The van der Waals surface area contributed by atoms with E-state index in [0.717, 1.165) is 47.5 Å². The van der Waals surface area contributed by atoms with Gasteiger partial charge in [-0.2, -0.15) is 4.98 Å². The Balaban J connectivity index is 1.64. The fourth-order valence-electron chi connectivity index (χ4n) is 4.92. The van der Waals surface area contributed by atoms with Gasteiger partial charge in [0.2, 0.25) is 5.88 Å². The second kappa shape index (κ2) is 8.64. The number of piperidine rings is 1. The Labute approximate surface area is 198 Å². The average molecular weight is 463 g/mol. The van der Waals surface area contributed by atoms with Crippen molar-refractivity contribution in [3.05, 3.63) is 35.9 Å². The second-order valence-corrected chi connectivity index (χ2v) is 8.73. The number of likely N-dealkylation sites (tertiary alicyclic amines) is 1. The highest BCUT2D eigenvalue weighted by molar-refractivity contribution is 6.00. The standard InChI is InChI=1S/C25H30N6O3/c1-5-31-19(12-15-8-9-21(34-4)28-23(15)31)24-27-18-11-16(13-20(33-3)22(18)29(24)2)25(32)30-10-6-7-17(26)14-30/h8-9,11-13,17H,5-7,10,14,26H2,1-4H3/t17-/m1/s1. The van der Waals surface area contributed by atoms with Crippen molar-refractivity contribution in [2.45, 2.75) is 32.4 Å². The minimum Gasteiger partial charge on any atom is -0.494 e. The number of aromatic nitrogens is 4. The molecule has 9 heteroatoms. The highest BCUT2D eigenvalue weighted by Crippen LogP contribution is 2.34. The lowest BCUT2D eigenvalue weighted by atomic mass is 10.0. The number of nitrogens with two attached hydrogens (primary N) is 1. The summed E-state index contributed by atoms with van der Waals surface area (Å²) in [4.78, 5) is 24.7. The Morgan fingerprint density at radius 2 is 2.00 bits per heavy atom. The van der Waals surface area contributed by atoms with Gasteiger partial charge in [-0.3, -0.25) is 4.79 Å². The highest BCUT2D eigenvalue weighted by atomic mass is 16.5. The zero-order valence-electron chi connectivity index (χ0n) is 20.0. The highest BCUT2D eigenvalue weighted by Gasteiger charge is 2.25. The number of fused-ring (bicyclic) bond motifs is 2. The SMILES string of the molecule is CCn1c(-c2nc3cc(C(=O)N4CCC[C@@H](N)C4)cc(OC)c3n2C)cc2ccc(OC)nc21. The van der Waals surface area contributed by atoms with Gasteiger partial charge in [0, 0.05) is 49.7 Å². The van der Waals surface area contributed by atoms with E-state index in [0.29, 0.717) is 35.8 Å². The van der Waals surface area contributed by atoms with E-state index in [4.69, 9.17) is 20.2 Å². The predicted molar refractivity (Wildman–Crippen MR) is 131 cm³/mol. The molecule has 1 aliphatic rings. The number of amides is 1. The molecule has 0 bridgehead atoms. The molecule has 9 nitrogen and oxygen atoms in total. The van der Waals surface area contributed by atoms with Gasteiger partial charge >= 0.3 is 0 Å². The van der Waals surface area contributed by atoms with Crippen molar-refractivity contribution in [2.75, 3.05) is 27.3 Å². The molecule has 4 aromatic rings. The van der Waals surface area contributed by atoms with Crippen LogP contribution in [-0.2, 0) is 13.6 Å². The second-order valence-electron chi connectivity index (χ2n) is 8.73. The van der Waals surface area contributed by atoms with Crippen LogP contribution in [0.3, 0.4) is 0 Å². The number of ether oxygens (including phenoxy) is 2. The molecule has 178 valence electrons. The van der Waals surface area contributed by atoms with Crippen molar-refractivity contribution >= 4 is 28.0 Å². The van der Waals surface area contributed by atoms with Gasteiger partial charge in [-0.05, 0) is 44.0 Å². The van der Waals surface area contributed by atoms with Crippen molar-refractivity contribution in [3.63, 3.8) is 0 Å². The van der Waals surface area contributed by atoms with Crippen LogP contribution in [0.25, 0.3) is 33.6 Å². The third-order valence-corrected chi connectivity index (χ3v) is 6.62. The third-order valence-electron chi connectivity index (χ3n) is 6.62. The van der Waals surface area contributed by atoms with Gasteiger partial charge in [0.05, 0.1) is 25.4 Å². The maximum absolute atomic E-state index is 13.3. The predicted octanol–water partition coefficient (Wildman–Crippen LogP) is 3.19. The van der Waals surface area contributed by atoms with Crippen molar-refractivity contribution in [2.24, 2.45) is 12.8 Å². The first-order valence-electron chi connectivity index (χ1n) is 11.6. The Bertz CT molecular complexity index is 1390. The van der Waals surface area contributed by atoms with Gasteiger partial charge < -0.3 is 29.2 Å². The first kappa shape index (κ1) is 22.2. The van der Waals surface area contributed by atoms with Gasteiger partial charge in [-0.1, -0.05) is 0 Å². The third kappa shape index (κ3) is 3.56. The van der Waals surface area contributed by atoms with Gasteiger partial charge in [-0.15, -0.1) is 0 Å². The minimum absolute atomic E-state index is 0.0213. The van der Waals surface area contributed by atoms with Crippen LogP contribution in [0, 0.1) is 0 Å². The van der Waals surface area contributed by atoms with E-state index >= 15 is 0 Å². The topological polar surface area (TPSA) is 100 Å². The number of carbonyl (C=O) groups excluding carboxylic acids is 1. The number of pyridine rings is 1. The first-order valence-corrected chi connectivity index (χ1v) is 11.6. The van der Waals surface area contributed by atoms with Crippen LogP contribution in [0.4, 0.5) is 0 Å². The molecular formula is C25H30N6O3. The summed E-state index contributed by atoms with van der Waals surface area (Å²) < 4.78 is 15.2. The Morgan fingerprint density at radius 1 is 1.18 bits per heavy atom. The molecular weight excluding hydrogens is 432 g/mol. The number of hydrogen-bond donors (Lipinski definition) is 1. The summed E-state index contributed by atoms with van der Waals surface area (Å²) in [6.45, 7) is 4.08. The van der Waals surface area contributed by atoms with Gasteiger partial charge in [0.1, 0.15) is 16.9 Å². The number of imidazole rings is 1. The van der Waals surface area contributed by atoms with E-state index < -0.39 is 0 Å². The van der Waals surface area contributed by atoms with Crippen LogP contribution in [0.1, 0.15) is 30.1 Å². The molecule has 5 rings (SSSR count). The zero-order valence-corrected chi connectivity index (χ0v) is 20.0. The fraction of sp³-hybridized carbons (Fsp3) is 0.400. The number of aryl methyl sites for hydroxylation is 2. The number of benzene rings is 1. The number of methoxy groups -OCH3 is 2. The van der Waals surface area contributed by atoms with Crippen LogP contribution < -0.4 is 15.2 Å². The van der Waals surface area contributed by atoms with E-state index in [2.05, 4.69) is 22.5 Å². The van der Waals surface area contributed by atoms with Crippen molar-refractivity contribution in [3.8, 4) is 23.1 Å². The number of rotatable bonds is 5. The molecule has 0 spiro atoms. The molecule has 1 fully saturated rings. The molecule has 1 saturated heterocycles. The lowest BCUT2D eigenvalue weighted by Crippen LogP contribution is -2.45. The van der Waals surface area contributed by atoms with Crippen molar-refractivity contribution in [1.29, 1.82) is 0 Å². The summed E-state index contributed by atoms with van der Waals surface area (Å²) in [5.41, 5.74) is 9.99. The molecule has 2 N–H and O–H groups in total. The summed E-state index contributed by atoms with van der Waals surface area (Å²) in [5.74, 6) is 1.92.